The topological polar surface area (TPSA) is 52.5 Å². The van der Waals surface area contributed by atoms with E-state index in [1.807, 2.05) is 31.2 Å². The Morgan fingerprint density at radius 1 is 1.00 bits per heavy atom. The second-order valence-electron chi connectivity index (χ2n) is 4.03. The molecule has 0 amide bonds. The molecular formula is C14H16NO2Zn2-. The van der Waals surface area contributed by atoms with Crippen LogP contribution in [0, 0.1) is 6.92 Å². The van der Waals surface area contributed by atoms with Gasteiger partial charge in [-0.3, -0.25) is 0 Å². The van der Waals surface area contributed by atoms with Crippen molar-refractivity contribution in [1.82, 2.24) is 0 Å². The van der Waals surface area contributed by atoms with Gasteiger partial charge in [0.15, 0.2) is 0 Å². The second kappa shape index (κ2) is 8.30. The van der Waals surface area contributed by atoms with Gasteiger partial charge in [0.1, 0.15) is 11.5 Å². The molecule has 3 nitrogen and oxygen atoms in total. The van der Waals surface area contributed by atoms with Crippen LogP contribution in [0.3, 0.4) is 0 Å². The Bertz CT molecular complexity index is 521. The number of phenolic OH excluding ortho intramolecular Hbond substituents is 2. The Morgan fingerprint density at radius 2 is 1.63 bits per heavy atom. The molecule has 2 aromatic carbocycles. The van der Waals surface area contributed by atoms with Crippen LogP contribution in [0.5, 0.6) is 11.5 Å². The standard InChI is InChI=1S/C14H15NO2.2Zn.H/c1-10-2-4-12(5-3-10)15-9-11-8-13(16)6-7-14(11)17;;;/h2-8,15-17H,9H2,1H3;;;/q;;;-1. The molecule has 0 aliphatic heterocycles. The summed E-state index contributed by atoms with van der Waals surface area (Å²) in [7, 11) is 0. The fourth-order valence-corrected chi connectivity index (χ4v) is 1.58. The molecular weight excluding hydrogens is 345 g/mol. The Balaban J connectivity index is 0. The zero-order chi connectivity index (χ0) is 12.3. The molecule has 0 atom stereocenters. The molecule has 0 saturated carbocycles. The van der Waals surface area contributed by atoms with Crippen molar-refractivity contribution >= 4 is 5.69 Å². The van der Waals surface area contributed by atoms with E-state index in [2.05, 4.69) is 5.32 Å². The first-order valence-electron chi connectivity index (χ1n) is 5.46. The zero-order valence-corrected chi connectivity index (χ0v) is 17.0. The summed E-state index contributed by atoms with van der Waals surface area (Å²) in [5.41, 5.74) is 2.86. The molecule has 0 fully saturated rings. The number of rotatable bonds is 3. The van der Waals surface area contributed by atoms with Gasteiger partial charge in [-0.05, 0) is 37.3 Å². The van der Waals surface area contributed by atoms with Gasteiger partial charge in [0, 0.05) is 56.8 Å². The summed E-state index contributed by atoms with van der Waals surface area (Å²) in [4.78, 5) is 0. The molecule has 2 rings (SSSR count). The molecule has 0 heterocycles. The predicted octanol–water partition coefficient (Wildman–Crippen LogP) is 3.13. The first-order valence-corrected chi connectivity index (χ1v) is 5.46. The molecule has 0 saturated heterocycles. The van der Waals surface area contributed by atoms with Gasteiger partial charge in [-0.15, -0.1) is 0 Å². The van der Waals surface area contributed by atoms with Crippen molar-refractivity contribution in [2.75, 3.05) is 5.32 Å². The van der Waals surface area contributed by atoms with Gasteiger partial charge >= 0.3 is 0 Å². The quantitative estimate of drug-likeness (QED) is 0.582. The number of aryl methyl sites for hydroxylation is 1. The minimum atomic E-state index is 0. The molecule has 0 aliphatic rings. The summed E-state index contributed by atoms with van der Waals surface area (Å²) in [5.74, 6) is 0.339. The Kier molecular flexibility index (Phi) is 7.90. The Labute approximate surface area is 140 Å². The van der Waals surface area contributed by atoms with E-state index in [0.717, 1.165) is 5.69 Å². The molecule has 5 heteroatoms. The molecule has 0 unspecified atom stereocenters. The molecule has 0 aromatic heterocycles. The van der Waals surface area contributed by atoms with Crippen molar-refractivity contribution in [3.8, 4) is 11.5 Å². The second-order valence-corrected chi connectivity index (χ2v) is 4.03. The Morgan fingerprint density at radius 3 is 2.26 bits per heavy atom. The van der Waals surface area contributed by atoms with Gasteiger partial charge < -0.3 is 17.0 Å². The van der Waals surface area contributed by atoms with E-state index in [1.54, 1.807) is 6.07 Å². The van der Waals surface area contributed by atoms with E-state index in [-0.39, 0.29) is 51.9 Å². The normalized spacial score (nSPS) is 9.11. The van der Waals surface area contributed by atoms with Gasteiger partial charge in [0.25, 0.3) is 0 Å². The Hall–Kier alpha value is -0.913. The first kappa shape index (κ1) is 18.1. The molecule has 94 valence electrons. The zero-order valence-electron chi connectivity index (χ0n) is 12.1. The van der Waals surface area contributed by atoms with Gasteiger partial charge in [-0.25, -0.2) is 0 Å². The van der Waals surface area contributed by atoms with E-state index in [9.17, 15) is 10.2 Å². The van der Waals surface area contributed by atoms with Gasteiger partial charge in [0.2, 0.25) is 0 Å². The van der Waals surface area contributed by atoms with Crippen LogP contribution in [0.4, 0.5) is 5.69 Å². The molecule has 19 heavy (non-hydrogen) atoms. The number of phenols is 2. The van der Waals surface area contributed by atoms with Crippen LogP contribution in [0.15, 0.2) is 42.5 Å². The van der Waals surface area contributed by atoms with Crippen molar-refractivity contribution in [3.63, 3.8) is 0 Å². The summed E-state index contributed by atoms with van der Waals surface area (Å²) >= 11 is 0. The number of nitrogens with one attached hydrogen (secondary N) is 1. The van der Waals surface area contributed by atoms with Crippen molar-refractivity contribution in [1.29, 1.82) is 0 Å². The monoisotopic (exact) mass is 358 g/mol. The van der Waals surface area contributed by atoms with Crippen molar-refractivity contribution < 1.29 is 50.6 Å². The van der Waals surface area contributed by atoms with Crippen molar-refractivity contribution in [2.24, 2.45) is 0 Å². The van der Waals surface area contributed by atoms with Crippen LogP contribution in [0.2, 0.25) is 0 Å². The van der Waals surface area contributed by atoms with E-state index in [4.69, 9.17) is 0 Å². The molecule has 0 bridgehead atoms. The smallest absolute Gasteiger partial charge is 0.120 e. The third-order valence-electron chi connectivity index (χ3n) is 2.60. The number of benzene rings is 2. The van der Waals surface area contributed by atoms with E-state index >= 15 is 0 Å². The largest absolute Gasteiger partial charge is 1.00 e. The van der Waals surface area contributed by atoms with E-state index in [1.165, 1.54) is 17.7 Å². The number of aromatic hydroxyl groups is 2. The SMILES string of the molecule is Cc1ccc(NCc2cc(O)ccc2O)cc1.[H-].[Zn].[Zn]. The first-order chi connectivity index (χ1) is 8.15. The van der Waals surface area contributed by atoms with E-state index < -0.39 is 0 Å². The minimum Gasteiger partial charge on any atom is -1.00 e. The molecule has 2 aromatic rings. The minimum absolute atomic E-state index is 0. The van der Waals surface area contributed by atoms with Gasteiger partial charge in [0.05, 0.1) is 0 Å². The average molecular weight is 361 g/mol. The van der Waals surface area contributed by atoms with Crippen LogP contribution in [0.1, 0.15) is 12.6 Å². The van der Waals surface area contributed by atoms with Crippen LogP contribution >= 0.6 is 0 Å². The third kappa shape index (κ3) is 5.30. The van der Waals surface area contributed by atoms with Crippen LogP contribution in [-0.2, 0) is 45.5 Å². The molecule has 0 radical (unpaired) electrons. The number of hydrogen-bond donors (Lipinski definition) is 3. The van der Waals surface area contributed by atoms with Crippen LogP contribution < -0.4 is 5.32 Å². The number of anilines is 1. The summed E-state index contributed by atoms with van der Waals surface area (Å²) < 4.78 is 0. The summed E-state index contributed by atoms with van der Waals surface area (Å²) in [6.07, 6.45) is 0. The van der Waals surface area contributed by atoms with Gasteiger partial charge in [-0.1, -0.05) is 17.7 Å². The summed E-state index contributed by atoms with van der Waals surface area (Å²) in [6, 6.07) is 12.5. The number of hydrogen-bond acceptors (Lipinski definition) is 3. The average Bonchev–Trinajstić information content (AvgIpc) is 2.32. The van der Waals surface area contributed by atoms with Crippen LogP contribution in [0.25, 0.3) is 0 Å². The van der Waals surface area contributed by atoms with E-state index in [0.29, 0.717) is 12.1 Å². The molecule has 3 N–H and O–H groups in total. The maximum atomic E-state index is 9.61. The third-order valence-corrected chi connectivity index (χ3v) is 2.60. The maximum Gasteiger partial charge on any atom is 0.120 e. The van der Waals surface area contributed by atoms with Crippen LogP contribution in [-0.4, -0.2) is 10.2 Å². The fourth-order valence-electron chi connectivity index (χ4n) is 1.58. The maximum absolute atomic E-state index is 9.61. The molecule has 0 aliphatic carbocycles. The summed E-state index contributed by atoms with van der Waals surface area (Å²) in [5, 5.41) is 22.1. The summed E-state index contributed by atoms with van der Waals surface area (Å²) in [6.45, 7) is 2.51. The molecule has 0 spiro atoms. The van der Waals surface area contributed by atoms with Crippen molar-refractivity contribution in [2.45, 2.75) is 13.5 Å². The predicted molar refractivity (Wildman–Crippen MR) is 69.4 cm³/mol. The van der Waals surface area contributed by atoms with Crippen molar-refractivity contribution in [3.05, 3.63) is 53.6 Å². The van der Waals surface area contributed by atoms with Gasteiger partial charge in [-0.2, -0.15) is 0 Å². The fraction of sp³-hybridized carbons (Fsp3) is 0.143.